The number of halogens is 2. The smallest absolute Gasteiger partial charge is 0.272 e. The van der Waals surface area contributed by atoms with Crippen LogP contribution >= 0.6 is 34.2 Å². The normalized spacial score (nSPS) is 10.1. The molecule has 2 rings (SSSR count). The van der Waals surface area contributed by atoms with Crippen LogP contribution in [0.3, 0.4) is 0 Å². The predicted octanol–water partition coefficient (Wildman–Crippen LogP) is 2.89. The largest absolute Gasteiger partial charge is 0.320 e. The molecule has 0 radical (unpaired) electrons. The standard InChI is InChI=1S/C12H8ClIN2O2/c13-7-4-5-9(8(14)6-7)16-12(18)10-2-1-3-11(17)15-10/h1-6H,(H,15,17)(H,16,18). The molecule has 18 heavy (non-hydrogen) atoms. The number of hydrogen-bond donors (Lipinski definition) is 2. The van der Waals surface area contributed by atoms with E-state index in [1.165, 1.54) is 12.1 Å². The number of carbonyl (C=O) groups excluding carboxylic acids is 1. The second kappa shape index (κ2) is 5.53. The highest BCUT2D eigenvalue weighted by Crippen LogP contribution is 2.22. The van der Waals surface area contributed by atoms with Gasteiger partial charge in [0.1, 0.15) is 5.69 Å². The molecule has 0 unspecified atom stereocenters. The fourth-order valence-corrected chi connectivity index (χ4v) is 2.37. The predicted molar refractivity (Wildman–Crippen MR) is 79.2 cm³/mol. The van der Waals surface area contributed by atoms with Crippen molar-refractivity contribution in [3.8, 4) is 0 Å². The van der Waals surface area contributed by atoms with Gasteiger partial charge < -0.3 is 10.3 Å². The number of rotatable bonds is 2. The molecule has 92 valence electrons. The maximum absolute atomic E-state index is 11.9. The van der Waals surface area contributed by atoms with Gasteiger partial charge in [-0.3, -0.25) is 9.59 Å². The van der Waals surface area contributed by atoms with Crippen LogP contribution in [-0.2, 0) is 0 Å². The first kappa shape index (κ1) is 13.1. The van der Waals surface area contributed by atoms with E-state index in [1.54, 1.807) is 24.3 Å². The third kappa shape index (κ3) is 3.11. The summed E-state index contributed by atoms with van der Waals surface area (Å²) in [7, 11) is 0. The number of anilines is 1. The number of carbonyl (C=O) groups is 1. The molecular weight excluding hydrogens is 367 g/mol. The maximum atomic E-state index is 11.9. The third-order valence-corrected chi connectivity index (χ3v) is 3.32. The van der Waals surface area contributed by atoms with E-state index in [0.717, 1.165) is 3.57 Å². The number of hydrogen-bond acceptors (Lipinski definition) is 2. The van der Waals surface area contributed by atoms with Gasteiger partial charge >= 0.3 is 0 Å². The van der Waals surface area contributed by atoms with Crippen LogP contribution in [0.25, 0.3) is 0 Å². The number of aromatic amines is 1. The van der Waals surface area contributed by atoms with Crippen molar-refractivity contribution in [2.24, 2.45) is 0 Å². The quantitative estimate of drug-likeness (QED) is 0.794. The molecule has 0 saturated carbocycles. The Balaban J connectivity index is 2.24. The minimum absolute atomic E-state index is 0.216. The van der Waals surface area contributed by atoms with E-state index in [9.17, 15) is 9.59 Å². The Bertz CT molecular complexity index is 655. The van der Waals surface area contributed by atoms with E-state index in [1.807, 2.05) is 0 Å². The van der Waals surface area contributed by atoms with Gasteiger partial charge in [-0.25, -0.2) is 0 Å². The van der Waals surface area contributed by atoms with Gasteiger partial charge in [-0.2, -0.15) is 0 Å². The van der Waals surface area contributed by atoms with Crippen molar-refractivity contribution < 1.29 is 4.79 Å². The Morgan fingerprint density at radius 1 is 1.28 bits per heavy atom. The highest BCUT2D eigenvalue weighted by Gasteiger charge is 2.08. The summed E-state index contributed by atoms with van der Waals surface area (Å²) in [4.78, 5) is 25.5. The molecule has 4 nitrogen and oxygen atoms in total. The lowest BCUT2D eigenvalue weighted by molar-refractivity contribution is 0.102. The monoisotopic (exact) mass is 374 g/mol. The average Bonchev–Trinajstić information content (AvgIpc) is 2.32. The Labute approximate surface area is 122 Å². The maximum Gasteiger partial charge on any atom is 0.272 e. The van der Waals surface area contributed by atoms with Crippen molar-refractivity contribution in [2.75, 3.05) is 5.32 Å². The Morgan fingerprint density at radius 2 is 2.06 bits per heavy atom. The lowest BCUT2D eigenvalue weighted by Crippen LogP contribution is -2.18. The van der Waals surface area contributed by atoms with E-state index in [4.69, 9.17) is 11.6 Å². The summed E-state index contributed by atoms with van der Waals surface area (Å²) in [5, 5.41) is 3.31. The summed E-state index contributed by atoms with van der Waals surface area (Å²) >= 11 is 7.90. The van der Waals surface area contributed by atoms with E-state index in [0.29, 0.717) is 10.7 Å². The summed E-state index contributed by atoms with van der Waals surface area (Å²) in [5.41, 5.74) is 0.552. The molecule has 1 aromatic heterocycles. The molecule has 0 bridgehead atoms. The lowest BCUT2D eigenvalue weighted by atomic mass is 10.3. The topological polar surface area (TPSA) is 62.0 Å². The van der Waals surface area contributed by atoms with E-state index < -0.39 is 0 Å². The molecule has 0 aliphatic rings. The fourth-order valence-electron chi connectivity index (χ4n) is 1.36. The fraction of sp³-hybridized carbons (Fsp3) is 0. The van der Waals surface area contributed by atoms with Gasteiger partial charge in [0.2, 0.25) is 5.56 Å². The van der Waals surface area contributed by atoms with Gasteiger partial charge in [-0.05, 0) is 46.9 Å². The Kier molecular flexibility index (Phi) is 4.03. The number of nitrogens with one attached hydrogen (secondary N) is 2. The van der Waals surface area contributed by atoms with Crippen LogP contribution < -0.4 is 10.9 Å². The van der Waals surface area contributed by atoms with Crippen LogP contribution in [0.5, 0.6) is 0 Å². The van der Waals surface area contributed by atoms with Crippen molar-refractivity contribution in [1.82, 2.24) is 4.98 Å². The molecule has 2 aromatic rings. The molecule has 1 heterocycles. The first-order chi connectivity index (χ1) is 8.56. The van der Waals surface area contributed by atoms with Gasteiger partial charge in [0.25, 0.3) is 5.91 Å². The minimum atomic E-state index is -0.368. The lowest BCUT2D eigenvalue weighted by Gasteiger charge is -2.07. The molecule has 6 heteroatoms. The highest BCUT2D eigenvalue weighted by molar-refractivity contribution is 14.1. The number of amides is 1. The number of H-pyrrole nitrogens is 1. The van der Waals surface area contributed by atoms with Crippen molar-refractivity contribution in [3.05, 3.63) is 61.0 Å². The van der Waals surface area contributed by atoms with Gasteiger partial charge in [-0.15, -0.1) is 0 Å². The molecule has 1 aromatic carbocycles. The number of pyridine rings is 1. The summed E-state index contributed by atoms with van der Waals surface area (Å²) in [6, 6.07) is 9.56. The zero-order valence-corrected chi connectivity index (χ0v) is 11.9. The van der Waals surface area contributed by atoms with Gasteiger partial charge in [0.05, 0.1) is 5.69 Å². The second-order valence-electron chi connectivity index (χ2n) is 3.51. The molecule has 2 N–H and O–H groups in total. The SMILES string of the molecule is O=C(Nc1ccc(Cl)cc1I)c1cccc(=O)[nH]1. The van der Waals surface area contributed by atoms with Crippen LogP contribution in [0, 0.1) is 3.57 Å². The van der Waals surface area contributed by atoms with Crippen LogP contribution in [-0.4, -0.2) is 10.9 Å². The molecule has 0 fully saturated rings. The van der Waals surface area contributed by atoms with Gasteiger partial charge in [0, 0.05) is 14.7 Å². The molecule has 0 aliphatic heterocycles. The zero-order valence-electron chi connectivity index (χ0n) is 9.04. The molecule has 0 spiro atoms. The van der Waals surface area contributed by atoms with Crippen molar-refractivity contribution >= 4 is 45.8 Å². The van der Waals surface area contributed by atoms with Crippen LogP contribution in [0.4, 0.5) is 5.69 Å². The Hall–Kier alpha value is -1.34. The first-order valence-electron chi connectivity index (χ1n) is 5.02. The summed E-state index contributed by atoms with van der Waals surface area (Å²) in [5.74, 6) is -0.368. The second-order valence-corrected chi connectivity index (χ2v) is 5.11. The third-order valence-electron chi connectivity index (χ3n) is 2.19. The first-order valence-corrected chi connectivity index (χ1v) is 6.47. The van der Waals surface area contributed by atoms with Crippen molar-refractivity contribution in [3.63, 3.8) is 0 Å². The van der Waals surface area contributed by atoms with Crippen LogP contribution in [0.15, 0.2) is 41.2 Å². The van der Waals surface area contributed by atoms with Crippen LogP contribution in [0.1, 0.15) is 10.5 Å². The van der Waals surface area contributed by atoms with E-state index >= 15 is 0 Å². The molecule has 0 atom stereocenters. The van der Waals surface area contributed by atoms with Crippen LogP contribution in [0.2, 0.25) is 5.02 Å². The number of benzene rings is 1. The molecule has 1 amide bonds. The summed E-state index contributed by atoms with van der Waals surface area (Å²) < 4.78 is 0.826. The van der Waals surface area contributed by atoms with Crippen molar-refractivity contribution in [2.45, 2.75) is 0 Å². The summed E-state index contributed by atoms with van der Waals surface area (Å²) in [6.45, 7) is 0. The van der Waals surface area contributed by atoms with Gasteiger partial charge in [0.15, 0.2) is 0 Å². The van der Waals surface area contributed by atoms with Gasteiger partial charge in [-0.1, -0.05) is 17.7 Å². The number of aromatic nitrogens is 1. The zero-order chi connectivity index (χ0) is 13.1. The van der Waals surface area contributed by atoms with E-state index in [2.05, 4.69) is 32.9 Å². The highest BCUT2D eigenvalue weighted by atomic mass is 127. The minimum Gasteiger partial charge on any atom is -0.320 e. The molecule has 0 aliphatic carbocycles. The average molecular weight is 375 g/mol. The van der Waals surface area contributed by atoms with Crippen molar-refractivity contribution in [1.29, 1.82) is 0 Å². The molecule has 0 saturated heterocycles. The Morgan fingerprint density at radius 3 is 2.72 bits per heavy atom. The summed E-state index contributed by atoms with van der Waals surface area (Å²) in [6.07, 6.45) is 0. The molecular formula is C12H8ClIN2O2. The van der Waals surface area contributed by atoms with E-state index in [-0.39, 0.29) is 17.2 Å².